The maximum atomic E-state index is 11.7. The Labute approximate surface area is 102 Å². The summed E-state index contributed by atoms with van der Waals surface area (Å²) in [6, 6.07) is 0.172. The Bertz CT molecular complexity index is 448. The van der Waals surface area contributed by atoms with Gasteiger partial charge in [0.05, 0.1) is 5.75 Å². The molecule has 0 unspecified atom stereocenters. The first-order valence-corrected chi connectivity index (χ1v) is 6.68. The zero-order valence-corrected chi connectivity index (χ0v) is 10.2. The summed E-state index contributed by atoms with van der Waals surface area (Å²) in [5.74, 6) is -0.975. The van der Waals surface area contributed by atoms with Gasteiger partial charge in [-0.15, -0.1) is 5.10 Å². The smallest absolute Gasteiger partial charge is 0.344 e. The first kappa shape index (κ1) is 12.2. The number of aromatic amines is 1. The lowest BCUT2D eigenvalue weighted by Gasteiger charge is -2.22. The molecule has 0 radical (unpaired) electrons. The van der Waals surface area contributed by atoms with Gasteiger partial charge < -0.3 is 5.11 Å². The van der Waals surface area contributed by atoms with Crippen molar-refractivity contribution >= 4 is 17.7 Å². The van der Waals surface area contributed by atoms with Crippen molar-refractivity contribution in [2.45, 2.75) is 43.3 Å². The average Bonchev–Trinajstić information content (AvgIpc) is 2.69. The number of aliphatic carboxylic acids is 1. The van der Waals surface area contributed by atoms with Gasteiger partial charge in [0.15, 0.2) is 5.16 Å². The summed E-state index contributed by atoms with van der Waals surface area (Å²) < 4.78 is 1.62. The molecule has 1 aliphatic carbocycles. The highest BCUT2D eigenvalue weighted by atomic mass is 32.2. The molecule has 1 aliphatic rings. The predicted octanol–water partition coefficient (Wildman–Crippen LogP) is 1.25. The first-order valence-electron chi connectivity index (χ1n) is 5.70. The molecule has 1 aromatic heterocycles. The highest BCUT2D eigenvalue weighted by Gasteiger charge is 2.21. The van der Waals surface area contributed by atoms with Crippen LogP contribution in [0.4, 0.5) is 0 Å². The third kappa shape index (κ3) is 2.91. The van der Waals surface area contributed by atoms with Crippen molar-refractivity contribution in [3.8, 4) is 0 Å². The molecule has 0 aliphatic heterocycles. The predicted molar refractivity (Wildman–Crippen MR) is 63.3 cm³/mol. The summed E-state index contributed by atoms with van der Waals surface area (Å²) >= 11 is 1.09. The van der Waals surface area contributed by atoms with E-state index >= 15 is 0 Å². The van der Waals surface area contributed by atoms with Gasteiger partial charge in [0.1, 0.15) is 0 Å². The third-order valence-corrected chi connectivity index (χ3v) is 3.87. The fourth-order valence-electron chi connectivity index (χ4n) is 2.18. The Hall–Kier alpha value is -1.24. The number of nitrogens with one attached hydrogen (secondary N) is 1. The monoisotopic (exact) mass is 257 g/mol. The number of nitrogens with zero attached hydrogens (tertiary/aromatic N) is 2. The lowest BCUT2D eigenvalue weighted by atomic mass is 9.95. The van der Waals surface area contributed by atoms with E-state index < -0.39 is 5.97 Å². The van der Waals surface area contributed by atoms with Crippen molar-refractivity contribution < 1.29 is 9.90 Å². The molecule has 1 heterocycles. The molecule has 0 amide bonds. The van der Waals surface area contributed by atoms with Gasteiger partial charge in [0.25, 0.3) is 0 Å². The Morgan fingerprint density at radius 1 is 1.47 bits per heavy atom. The van der Waals surface area contributed by atoms with Crippen LogP contribution in [-0.4, -0.2) is 31.6 Å². The van der Waals surface area contributed by atoms with Crippen LogP contribution in [0, 0.1) is 0 Å². The topological polar surface area (TPSA) is 88.0 Å². The summed E-state index contributed by atoms with van der Waals surface area (Å²) in [5.41, 5.74) is -0.232. The minimum absolute atomic E-state index is 0.0724. The lowest BCUT2D eigenvalue weighted by molar-refractivity contribution is -0.133. The van der Waals surface area contributed by atoms with Gasteiger partial charge in [-0.3, -0.25) is 9.36 Å². The van der Waals surface area contributed by atoms with Crippen LogP contribution >= 0.6 is 11.8 Å². The van der Waals surface area contributed by atoms with E-state index in [1.807, 2.05) is 0 Å². The number of thioether (sulfide) groups is 1. The lowest BCUT2D eigenvalue weighted by Crippen LogP contribution is -2.25. The van der Waals surface area contributed by atoms with Gasteiger partial charge in [-0.25, -0.2) is 9.89 Å². The van der Waals surface area contributed by atoms with Gasteiger partial charge in [0, 0.05) is 6.04 Å². The maximum Gasteiger partial charge on any atom is 0.344 e. The van der Waals surface area contributed by atoms with Crippen LogP contribution in [0.1, 0.15) is 38.1 Å². The number of H-pyrrole nitrogens is 1. The minimum atomic E-state index is -0.902. The molecule has 0 saturated heterocycles. The van der Waals surface area contributed by atoms with Crippen molar-refractivity contribution in [2.75, 3.05) is 5.75 Å². The van der Waals surface area contributed by atoms with E-state index in [0.717, 1.165) is 37.4 Å². The molecule has 94 valence electrons. The SMILES string of the molecule is O=C(O)CSc1n[nH]c(=O)n1C1CCCCC1. The van der Waals surface area contributed by atoms with Crippen LogP contribution in [0.5, 0.6) is 0 Å². The number of carboxylic acid groups (broad SMARTS) is 1. The first-order chi connectivity index (χ1) is 8.18. The fourth-order valence-corrected chi connectivity index (χ4v) is 2.91. The van der Waals surface area contributed by atoms with Crippen molar-refractivity contribution in [3.63, 3.8) is 0 Å². The van der Waals surface area contributed by atoms with Crippen molar-refractivity contribution in [1.29, 1.82) is 0 Å². The number of hydrogen-bond donors (Lipinski definition) is 2. The molecule has 7 heteroatoms. The molecule has 0 bridgehead atoms. The van der Waals surface area contributed by atoms with Crippen LogP contribution in [0.25, 0.3) is 0 Å². The van der Waals surface area contributed by atoms with E-state index in [1.165, 1.54) is 6.42 Å². The van der Waals surface area contributed by atoms with E-state index in [-0.39, 0.29) is 17.5 Å². The van der Waals surface area contributed by atoms with Gasteiger partial charge in [0.2, 0.25) is 0 Å². The Morgan fingerprint density at radius 2 is 2.18 bits per heavy atom. The number of aromatic nitrogens is 3. The zero-order valence-electron chi connectivity index (χ0n) is 9.39. The summed E-state index contributed by atoms with van der Waals surface area (Å²) in [6.07, 6.45) is 5.39. The molecule has 2 N–H and O–H groups in total. The molecule has 1 saturated carbocycles. The van der Waals surface area contributed by atoms with Gasteiger partial charge in [-0.05, 0) is 12.8 Å². The summed E-state index contributed by atoms with van der Waals surface area (Å²) in [5, 5.41) is 15.4. The van der Waals surface area contributed by atoms with Crippen molar-refractivity contribution in [1.82, 2.24) is 14.8 Å². The van der Waals surface area contributed by atoms with E-state index in [9.17, 15) is 9.59 Å². The van der Waals surface area contributed by atoms with Crippen LogP contribution in [0.2, 0.25) is 0 Å². The highest BCUT2D eigenvalue weighted by molar-refractivity contribution is 7.99. The second kappa shape index (κ2) is 5.39. The summed E-state index contributed by atoms with van der Waals surface area (Å²) in [7, 11) is 0. The third-order valence-electron chi connectivity index (χ3n) is 2.94. The molecule has 0 spiro atoms. The number of hydrogen-bond acceptors (Lipinski definition) is 4. The fraction of sp³-hybridized carbons (Fsp3) is 0.700. The van der Waals surface area contributed by atoms with Crippen molar-refractivity contribution in [2.24, 2.45) is 0 Å². The van der Waals surface area contributed by atoms with E-state index in [1.54, 1.807) is 4.57 Å². The Morgan fingerprint density at radius 3 is 2.82 bits per heavy atom. The molecule has 0 atom stereocenters. The van der Waals surface area contributed by atoms with Crippen LogP contribution < -0.4 is 5.69 Å². The largest absolute Gasteiger partial charge is 0.481 e. The Kier molecular flexibility index (Phi) is 3.88. The molecule has 6 nitrogen and oxygen atoms in total. The maximum absolute atomic E-state index is 11.7. The van der Waals surface area contributed by atoms with Crippen LogP contribution in [0.3, 0.4) is 0 Å². The second-order valence-corrected chi connectivity index (χ2v) is 5.10. The molecule has 2 rings (SSSR count). The van der Waals surface area contributed by atoms with Gasteiger partial charge >= 0.3 is 11.7 Å². The number of carboxylic acids is 1. The molecular formula is C10H15N3O3S. The number of carbonyl (C=O) groups is 1. The molecular weight excluding hydrogens is 242 g/mol. The molecule has 17 heavy (non-hydrogen) atoms. The molecule has 1 aromatic rings. The van der Waals surface area contributed by atoms with Gasteiger partial charge in [-0.1, -0.05) is 31.0 Å². The second-order valence-electron chi connectivity index (χ2n) is 4.16. The minimum Gasteiger partial charge on any atom is -0.481 e. The highest BCUT2D eigenvalue weighted by Crippen LogP contribution is 2.29. The Balaban J connectivity index is 2.16. The standard InChI is InChI=1S/C10H15N3O3S/c14-8(15)6-17-10-12-11-9(16)13(10)7-4-2-1-3-5-7/h7H,1-6H2,(H,11,16)(H,14,15). The van der Waals surface area contributed by atoms with E-state index in [0.29, 0.717) is 5.16 Å². The van der Waals surface area contributed by atoms with Crippen LogP contribution in [-0.2, 0) is 4.79 Å². The zero-order chi connectivity index (χ0) is 12.3. The van der Waals surface area contributed by atoms with Gasteiger partial charge in [-0.2, -0.15) is 0 Å². The molecule has 0 aromatic carbocycles. The normalized spacial score (nSPS) is 17.2. The van der Waals surface area contributed by atoms with E-state index in [4.69, 9.17) is 5.11 Å². The quantitative estimate of drug-likeness (QED) is 0.793. The van der Waals surface area contributed by atoms with Crippen LogP contribution in [0.15, 0.2) is 9.95 Å². The summed E-state index contributed by atoms with van der Waals surface area (Å²) in [6.45, 7) is 0. The van der Waals surface area contributed by atoms with Crippen molar-refractivity contribution in [3.05, 3.63) is 10.5 Å². The number of rotatable bonds is 4. The van der Waals surface area contributed by atoms with E-state index in [2.05, 4.69) is 10.2 Å². The summed E-state index contributed by atoms with van der Waals surface area (Å²) in [4.78, 5) is 22.2. The molecule has 1 fully saturated rings. The average molecular weight is 257 g/mol.